The van der Waals surface area contributed by atoms with Gasteiger partial charge in [0.2, 0.25) is 5.91 Å². The molecule has 1 aliphatic heterocycles. The van der Waals surface area contributed by atoms with Gasteiger partial charge in [-0.15, -0.1) is 0 Å². The number of hydrogen-bond acceptors (Lipinski definition) is 3. The number of nitrogens with zero attached hydrogens (tertiary/aromatic N) is 1. The van der Waals surface area contributed by atoms with E-state index in [0.29, 0.717) is 12.6 Å². The summed E-state index contributed by atoms with van der Waals surface area (Å²) in [6.07, 6.45) is 4.98. The molecule has 19 heavy (non-hydrogen) atoms. The van der Waals surface area contributed by atoms with Crippen LogP contribution in [0.3, 0.4) is 0 Å². The van der Waals surface area contributed by atoms with Crippen molar-refractivity contribution in [3.8, 4) is 0 Å². The Balaban J connectivity index is 1.89. The van der Waals surface area contributed by atoms with E-state index in [1.807, 2.05) is 0 Å². The molecule has 2 unspecified atom stereocenters. The van der Waals surface area contributed by atoms with Crippen molar-refractivity contribution in [2.45, 2.75) is 51.7 Å². The second-order valence-corrected chi connectivity index (χ2v) is 7.17. The Labute approximate surface area is 119 Å². The lowest BCUT2D eigenvalue weighted by Crippen LogP contribution is -2.49. The summed E-state index contributed by atoms with van der Waals surface area (Å²) in [4.78, 5) is 14.5. The standard InChI is InChI=1S/C15H22N2OS/c1-15(2)7-4-3-5-12(15)17-13(18)9-16-14(17)11-6-8-19-10-11/h6,8,10,12,14,16H,3-5,7,9H2,1-2H3. The number of nitrogens with one attached hydrogen (secondary N) is 1. The molecule has 0 spiro atoms. The van der Waals surface area contributed by atoms with Gasteiger partial charge in [-0.1, -0.05) is 26.7 Å². The second kappa shape index (κ2) is 4.91. The monoisotopic (exact) mass is 278 g/mol. The molecule has 3 rings (SSSR count). The van der Waals surface area contributed by atoms with Crippen LogP contribution in [0.25, 0.3) is 0 Å². The van der Waals surface area contributed by atoms with Gasteiger partial charge in [-0.3, -0.25) is 10.1 Å². The molecule has 1 amide bonds. The maximum absolute atomic E-state index is 12.3. The van der Waals surface area contributed by atoms with Crippen LogP contribution in [-0.2, 0) is 4.79 Å². The third kappa shape index (κ3) is 2.32. The maximum Gasteiger partial charge on any atom is 0.238 e. The van der Waals surface area contributed by atoms with Gasteiger partial charge in [0, 0.05) is 6.04 Å². The molecule has 1 aromatic heterocycles. The molecular formula is C15H22N2OS. The second-order valence-electron chi connectivity index (χ2n) is 6.39. The summed E-state index contributed by atoms with van der Waals surface area (Å²) in [5.74, 6) is 0.260. The Bertz CT molecular complexity index is 455. The molecule has 2 heterocycles. The van der Waals surface area contributed by atoms with Gasteiger partial charge in [-0.25, -0.2) is 0 Å². The molecule has 1 saturated heterocycles. The third-order valence-corrected chi connectivity index (χ3v) is 5.36. The van der Waals surface area contributed by atoms with Crippen LogP contribution >= 0.6 is 11.3 Å². The summed E-state index contributed by atoms with van der Waals surface area (Å²) in [5, 5.41) is 7.62. The highest BCUT2D eigenvalue weighted by Gasteiger charge is 2.44. The molecule has 2 aliphatic rings. The fraction of sp³-hybridized carbons (Fsp3) is 0.667. The van der Waals surface area contributed by atoms with Crippen LogP contribution in [-0.4, -0.2) is 23.4 Å². The van der Waals surface area contributed by atoms with E-state index in [9.17, 15) is 4.79 Å². The van der Waals surface area contributed by atoms with E-state index in [1.54, 1.807) is 11.3 Å². The molecule has 1 N–H and O–H groups in total. The third-order valence-electron chi connectivity index (χ3n) is 4.66. The molecular weight excluding hydrogens is 256 g/mol. The normalized spacial score (nSPS) is 30.8. The van der Waals surface area contributed by atoms with Gasteiger partial charge in [0.25, 0.3) is 0 Å². The van der Waals surface area contributed by atoms with Crippen molar-refractivity contribution < 1.29 is 4.79 Å². The van der Waals surface area contributed by atoms with E-state index in [0.717, 1.165) is 6.42 Å². The fourth-order valence-electron chi connectivity index (χ4n) is 3.57. The van der Waals surface area contributed by atoms with E-state index in [1.165, 1.54) is 24.8 Å². The summed E-state index contributed by atoms with van der Waals surface area (Å²) in [7, 11) is 0. The van der Waals surface area contributed by atoms with Crippen LogP contribution < -0.4 is 5.32 Å². The zero-order chi connectivity index (χ0) is 13.5. The number of amides is 1. The summed E-state index contributed by atoms with van der Waals surface area (Å²) in [6, 6.07) is 2.50. The minimum atomic E-state index is 0.0844. The van der Waals surface area contributed by atoms with E-state index in [4.69, 9.17) is 0 Å². The number of thiophene rings is 1. The number of hydrogen-bond donors (Lipinski definition) is 1. The first-order valence-electron chi connectivity index (χ1n) is 7.16. The van der Waals surface area contributed by atoms with Crippen LogP contribution in [0.2, 0.25) is 0 Å². The Morgan fingerprint density at radius 1 is 1.42 bits per heavy atom. The van der Waals surface area contributed by atoms with Gasteiger partial charge in [0.05, 0.1) is 6.54 Å². The molecule has 104 valence electrons. The number of carbonyl (C=O) groups excluding carboxylic acids is 1. The van der Waals surface area contributed by atoms with Crippen LogP contribution in [0.15, 0.2) is 16.8 Å². The topological polar surface area (TPSA) is 32.3 Å². The van der Waals surface area contributed by atoms with Crippen LogP contribution in [0.1, 0.15) is 51.3 Å². The molecule has 3 nitrogen and oxygen atoms in total. The molecule has 1 aromatic rings. The summed E-state index contributed by atoms with van der Waals surface area (Å²) >= 11 is 1.70. The molecule has 4 heteroatoms. The highest BCUT2D eigenvalue weighted by atomic mass is 32.1. The highest BCUT2D eigenvalue weighted by Crippen LogP contribution is 2.42. The van der Waals surface area contributed by atoms with Crippen molar-refractivity contribution in [1.82, 2.24) is 10.2 Å². The van der Waals surface area contributed by atoms with Crippen molar-refractivity contribution in [3.05, 3.63) is 22.4 Å². The van der Waals surface area contributed by atoms with Gasteiger partial charge in [0.1, 0.15) is 6.17 Å². The quantitative estimate of drug-likeness (QED) is 0.901. The Morgan fingerprint density at radius 3 is 2.95 bits per heavy atom. The number of rotatable bonds is 2. The van der Waals surface area contributed by atoms with Crippen molar-refractivity contribution in [1.29, 1.82) is 0 Å². The van der Waals surface area contributed by atoms with Gasteiger partial charge in [-0.2, -0.15) is 11.3 Å². The first-order valence-corrected chi connectivity index (χ1v) is 8.10. The van der Waals surface area contributed by atoms with E-state index < -0.39 is 0 Å². The molecule has 1 aliphatic carbocycles. The van der Waals surface area contributed by atoms with Crippen LogP contribution in [0, 0.1) is 5.41 Å². The van der Waals surface area contributed by atoms with Crippen LogP contribution in [0.4, 0.5) is 0 Å². The average molecular weight is 278 g/mol. The predicted octanol–water partition coefficient (Wildman–Crippen LogP) is 3.15. The molecule has 0 bridgehead atoms. The zero-order valence-corrected chi connectivity index (χ0v) is 12.5. The Hall–Kier alpha value is -0.870. The smallest absolute Gasteiger partial charge is 0.238 e. The van der Waals surface area contributed by atoms with Crippen molar-refractivity contribution in [2.75, 3.05) is 6.54 Å². The first kappa shape index (κ1) is 13.1. The molecule has 2 fully saturated rings. The Kier molecular flexibility index (Phi) is 3.39. The fourth-order valence-corrected chi connectivity index (χ4v) is 4.25. The average Bonchev–Trinajstić information content (AvgIpc) is 2.98. The lowest BCUT2D eigenvalue weighted by molar-refractivity contribution is -0.134. The predicted molar refractivity (Wildman–Crippen MR) is 77.9 cm³/mol. The Morgan fingerprint density at radius 2 is 2.26 bits per heavy atom. The first-order chi connectivity index (χ1) is 9.09. The van der Waals surface area contributed by atoms with Gasteiger partial charge >= 0.3 is 0 Å². The van der Waals surface area contributed by atoms with Crippen molar-refractivity contribution >= 4 is 17.2 Å². The minimum absolute atomic E-state index is 0.0844. The molecule has 0 radical (unpaired) electrons. The zero-order valence-electron chi connectivity index (χ0n) is 11.7. The van der Waals surface area contributed by atoms with Crippen molar-refractivity contribution in [3.63, 3.8) is 0 Å². The van der Waals surface area contributed by atoms with Crippen LogP contribution in [0.5, 0.6) is 0 Å². The summed E-state index contributed by atoms with van der Waals surface area (Å²) in [6.45, 7) is 5.10. The minimum Gasteiger partial charge on any atom is -0.318 e. The lowest BCUT2D eigenvalue weighted by Gasteiger charge is -2.45. The maximum atomic E-state index is 12.3. The molecule has 0 aromatic carbocycles. The highest BCUT2D eigenvalue weighted by molar-refractivity contribution is 7.07. The van der Waals surface area contributed by atoms with E-state index in [2.05, 4.69) is 40.9 Å². The summed E-state index contributed by atoms with van der Waals surface area (Å²) < 4.78 is 0. The SMILES string of the molecule is CC1(C)CCCCC1N1C(=O)CNC1c1ccsc1. The summed E-state index contributed by atoms with van der Waals surface area (Å²) in [5.41, 5.74) is 1.46. The molecule has 1 saturated carbocycles. The van der Waals surface area contributed by atoms with E-state index >= 15 is 0 Å². The van der Waals surface area contributed by atoms with Gasteiger partial charge in [-0.05, 0) is 40.6 Å². The molecule has 2 atom stereocenters. The largest absolute Gasteiger partial charge is 0.318 e. The lowest BCUT2D eigenvalue weighted by atomic mass is 9.72. The van der Waals surface area contributed by atoms with Crippen molar-refractivity contribution in [2.24, 2.45) is 5.41 Å². The number of carbonyl (C=O) groups is 1. The van der Waals surface area contributed by atoms with Gasteiger partial charge < -0.3 is 4.90 Å². The van der Waals surface area contributed by atoms with Gasteiger partial charge in [0.15, 0.2) is 0 Å². The van der Waals surface area contributed by atoms with E-state index in [-0.39, 0.29) is 17.5 Å².